The molecule has 0 heterocycles. The number of benzene rings is 1. The van der Waals surface area contributed by atoms with Crippen molar-refractivity contribution in [3.63, 3.8) is 0 Å². The molecule has 0 unspecified atom stereocenters. The Morgan fingerprint density at radius 3 is 2.46 bits per heavy atom. The average molecular weight is 331 g/mol. The second kappa shape index (κ2) is 10.1. The Bertz CT molecular complexity index is 633. The summed E-state index contributed by atoms with van der Waals surface area (Å²) in [7, 11) is 0. The molecule has 1 N–H and O–H groups in total. The first-order valence-electron chi connectivity index (χ1n) is 7.72. The zero-order valence-electron chi connectivity index (χ0n) is 13.8. The lowest BCUT2D eigenvalue weighted by atomic mass is 10.1. The molecular formula is C18H21NO5. The second-order valence-electron chi connectivity index (χ2n) is 4.81. The van der Waals surface area contributed by atoms with Gasteiger partial charge in [0.05, 0.1) is 18.8 Å². The van der Waals surface area contributed by atoms with Crippen molar-refractivity contribution in [2.45, 2.75) is 32.7 Å². The molecule has 0 fully saturated rings. The first-order valence-corrected chi connectivity index (χ1v) is 7.72. The molecular weight excluding hydrogens is 310 g/mol. The first-order chi connectivity index (χ1) is 11.5. The van der Waals surface area contributed by atoms with E-state index in [1.54, 1.807) is 38.1 Å². The highest BCUT2D eigenvalue weighted by Gasteiger charge is 2.24. The Morgan fingerprint density at radius 2 is 1.83 bits per heavy atom. The summed E-state index contributed by atoms with van der Waals surface area (Å²) in [5, 5.41) is 2.57. The normalized spacial score (nSPS) is 11.0. The minimum atomic E-state index is -0.951. The van der Waals surface area contributed by atoms with Crippen LogP contribution in [0.4, 0.5) is 0 Å². The van der Waals surface area contributed by atoms with Gasteiger partial charge in [0.1, 0.15) is 6.04 Å². The van der Waals surface area contributed by atoms with Crippen molar-refractivity contribution in [2.75, 3.05) is 13.2 Å². The number of hydrogen-bond donors (Lipinski definition) is 1. The van der Waals surface area contributed by atoms with Gasteiger partial charge < -0.3 is 14.8 Å². The average Bonchev–Trinajstić information content (AvgIpc) is 2.58. The minimum absolute atomic E-state index is 0.00557. The van der Waals surface area contributed by atoms with Crippen LogP contribution in [0.25, 0.3) is 0 Å². The molecule has 24 heavy (non-hydrogen) atoms. The number of carbonyl (C=O) groups excluding carboxylic acids is 3. The maximum absolute atomic E-state index is 12.4. The molecule has 6 nitrogen and oxygen atoms in total. The standard InChI is InChI=1S/C18H21NO5/c1-4-13-9-7-8-10-14(13)17(21)19-15(18(22)24-6-3)11-12-16(20)23-5-2/h1,7-10,15H,5-6,11-12H2,2-3H3,(H,19,21)/t15-/m0/s1. The number of rotatable bonds is 8. The number of amides is 1. The van der Waals surface area contributed by atoms with Crippen LogP contribution >= 0.6 is 0 Å². The van der Waals surface area contributed by atoms with E-state index >= 15 is 0 Å². The van der Waals surface area contributed by atoms with Gasteiger partial charge in [-0.3, -0.25) is 9.59 Å². The lowest BCUT2D eigenvalue weighted by Gasteiger charge is -2.17. The van der Waals surface area contributed by atoms with Crippen LogP contribution in [0.5, 0.6) is 0 Å². The quantitative estimate of drug-likeness (QED) is 0.579. The summed E-state index contributed by atoms with van der Waals surface area (Å²) in [6.07, 6.45) is 5.46. The lowest BCUT2D eigenvalue weighted by Crippen LogP contribution is -2.42. The Hall–Kier alpha value is -2.81. The van der Waals surface area contributed by atoms with E-state index in [0.717, 1.165) is 0 Å². The van der Waals surface area contributed by atoms with Crippen LogP contribution in [0, 0.1) is 12.3 Å². The molecule has 0 aliphatic heterocycles. The van der Waals surface area contributed by atoms with Crippen molar-refractivity contribution in [1.82, 2.24) is 5.32 Å². The number of terminal acetylenes is 1. The third-order valence-electron chi connectivity index (χ3n) is 3.15. The molecule has 1 amide bonds. The highest BCUT2D eigenvalue weighted by atomic mass is 16.5. The number of nitrogens with one attached hydrogen (secondary N) is 1. The maximum Gasteiger partial charge on any atom is 0.328 e. The smallest absolute Gasteiger partial charge is 0.328 e. The molecule has 0 saturated carbocycles. The molecule has 1 aromatic rings. The Balaban J connectivity index is 2.83. The molecule has 0 aliphatic carbocycles. The summed E-state index contributed by atoms with van der Waals surface area (Å²) in [6, 6.07) is 5.64. The van der Waals surface area contributed by atoms with Gasteiger partial charge in [-0.05, 0) is 32.4 Å². The number of ether oxygens (including phenoxy) is 2. The van der Waals surface area contributed by atoms with E-state index in [9.17, 15) is 14.4 Å². The van der Waals surface area contributed by atoms with Gasteiger partial charge in [-0.15, -0.1) is 6.42 Å². The van der Waals surface area contributed by atoms with Crippen molar-refractivity contribution < 1.29 is 23.9 Å². The van der Waals surface area contributed by atoms with Gasteiger partial charge >= 0.3 is 11.9 Å². The Labute approximate surface area is 141 Å². The van der Waals surface area contributed by atoms with Gasteiger partial charge in [0.2, 0.25) is 0 Å². The third kappa shape index (κ3) is 5.76. The fourth-order valence-electron chi connectivity index (χ4n) is 2.03. The zero-order valence-corrected chi connectivity index (χ0v) is 13.8. The van der Waals surface area contributed by atoms with Crippen LogP contribution in [0.1, 0.15) is 42.6 Å². The van der Waals surface area contributed by atoms with Crippen LogP contribution < -0.4 is 5.32 Å². The fraction of sp³-hybridized carbons (Fsp3) is 0.389. The largest absolute Gasteiger partial charge is 0.466 e. The predicted molar refractivity (Wildman–Crippen MR) is 88.1 cm³/mol. The van der Waals surface area contributed by atoms with E-state index in [1.807, 2.05) is 0 Å². The van der Waals surface area contributed by atoms with Crippen LogP contribution in [0.3, 0.4) is 0 Å². The van der Waals surface area contributed by atoms with E-state index in [0.29, 0.717) is 5.56 Å². The van der Waals surface area contributed by atoms with E-state index in [2.05, 4.69) is 11.2 Å². The molecule has 0 radical (unpaired) electrons. The summed E-state index contributed by atoms with van der Waals surface area (Å²) >= 11 is 0. The first kappa shape index (κ1) is 19.2. The fourth-order valence-corrected chi connectivity index (χ4v) is 2.03. The monoisotopic (exact) mass is 331 g/mol. The Kier molecular flexibility index (Phi) is 8.06. The second-order valence-corrected chi connectivity index (χ2v) is 4.81. The topological polar surface area (TPSA) is 81.7 Å². The van der Waals surface area contributed by atoms with E-state index in [1.165, 1.54) is 0 Å². The Morgan fingerprint density at radius 1 is 1.17 bits per heavy atom. The summed E-state index contributed by atoms with van der Waals surface area (Å²) in [5.41, 5.74) is 0.702. The van der Waals surface area contributed by atoms with Gasteiger partial charge in [-0.25, -0.2) is 4.79 Å². The van der Waals surface area contributed by atoms with Crippen molar-refractivity contribution in [3.05, 3.63) is 35.4 Å². The van der Waals surface area contributed by atoms with Gasteiger partial charge in [-0.1, -0.05) is 18.1 Å². The molecule has 0 spiro atoms. The SMILES string of the molecule is C#Cc1ccccc1C(=O)N[C@@H](CCC(=O)OCC)C(=O)OCC. The van der Waals surface area contributed by atoms with Gasteiger partial charge in [-0.2, -0.15) is 0 Å². The number of hydrogen-bond acceptors (Lipinski definition) is 5. The highest BCUT2D eigenvalue weighted by molar-refractivity contribution is 5.98. The predicted octanol–water partition coefficient (Wildman–Crippen LogP) is 1.67. The van der Waals surface area contributed by atoms with E-state index < -0.39 is 23.9 Å². The molecule has 0 aromatic heterocycles. The van der Waals surface area contributed by atoms with Gasteiger partial charge in [0.15, 0.2) is 0 Å². The van der Waals surface area contributed by atoms with Crippen LogP contribution in [-0.2, 0) is 19.1 Å². The van der Waals surface area contributed by atoms with Crippen molar-refractivity contribution in [1.29, 1.82) is 0 Å². The summed E-state index contributed by atoms with van der Waals surface area (Å²) in [6.45, 7) is 3.78. The molecule has 0 saturated heterocycles. The van der Waals surface area contributed by atoms with Crippen molar-refractivity contribution in [3.8, 4) is 12.3 Å². The van der Waals surface area contributed by atoms with Gasteiger partial charge in [0.25, 0.3) is 5.91 Å². The van der Waals surface area contributed by atoms with Crippen molar-refractivity contribution in [2.24, 2.45) is 0 Å². The van der Waals surface area contributed by atoms with E-state index in [-0.39, 0.29) is 31.6 Å². The van der Waals surface area contributed by atoms with Gasteiger partial charge in [0, 0.05) is 12.0 Å². The molecule has 1 aromatic carbocycles. The molecule has 0 bridgehead atoms. The minimum Gasteiger partial charge on any atom is -0.466 e. The summed E-state index contributed by atoms with van der Waals surface area (Å²) < 4.78 is 9.77. The highest BCUT2D eigenvalue weighted by Crippen LogP contribution is 2.09. The molecule has 6 heteroatoms. The van der Waals surface area contributed by atoms with Crippen LogP contribution in [0.15, 0.2) is 24.3 Å². The van der Waals surface area contributed by atoms with Crippen LogP contribution in [-0.4, -0.2) is 37.1 Å². The summed E-state index contributed by atoms with van der Waals surface area (Å²) in [4.78, 5) is 35.9. The molecule has 0 aliphatic rings. The number of carbonyl (C=O) groups is 3. The maximum atomic E-state index is 12.4. The van der Waals surface area contributed by atoms with E-state index in [4.69, 9.17) is 15.9 Å². The third-order valence-corrected chi connectivity index (χ3v) is 3.15. The summed E-state index contributed by atoms with van der Waals surface area (Å²) in [5.74, 6) is 0.882. The molecule has 1 rings (SSSR count). The van der Waals surface area contributed by atoms with Crippen molar-refractivity contribution >= 4 is 17.8 Å². The molecule has 128 valence electrons. The number of esters is 2. The zero-order chi connectivity index (χ0) is 17.9. The lowest BCUT2D eigenvalue weighted by molar-refractivity contribution is -0.146. The molecule has 1 atom stereocenters. The van der Waals surface area contributed by atoms with Crippen LogP contribution in [0.2, 0.25) is 0 Å².